The molecule has 3 fully saturated rings. The summed E-state index contributed by atoms with van der Waals surface area (Å²) < 4.78 is 0. The lowest BCUT2D eigenvalue weighted by Crippen LogP contribution is -2.36. The van der Waals surface area contributed by atoms with Gasteiger partial charge in [-0.05, 0) is 64.2 Å². The number of nitrogens with one attached hydrogen (secondary N) is 1. The molecule has 248 valence electrons. The van der Waals surface area contributed by atoms with E-state index in [4.69, 9.17) is 17.2 Å². The van der Waals surface area contributed by atoms with Gasteiger partial charge in [-0.3, -0.25) is 24.0 Å². The van der Waals surface area contributed by atoms with Crippen molar-refractivity contribution in [2.75, 3.05) is 19.6 Å². The molecule has 0 aromatic rings. The van der Waals surface area contributed by atoms with Gasteiger partial charge in [0.1, 0.15) is 0 Å². The molecule has 0 aromatic carbocycles. The van der Waals surface area contributed by atoms with Crippen molar-refractivity contribution in [2.24, 2.45) is 22.6 Å². The van der Waals surface area contributed by atoms with Gasteiger partial charge >= 0.3 is 0 Å². The van der Waals surface area contributed by atoms with Gasteiger partial charge in [-0.2, -0.15) is 0 Å². The van der Waals surface area contributed by atoms with E-state index in [2.05, 4.69) is 5.32 Å². The van der Waals surface area contributed by atoms with Crippen LogP contribution in [-0.4, -0.2) is 54.1 Å². The van der Waals surface area contributed by atoms with Crippen LogP contribution in [0.2, 0.25) is 0 Å². The van der Waals surface area contributed by atoms with E-state index in [0.717, 1.165) is 122 Å². The number of rotatable bonds is 13. The van der Waals surface area contributed by atoms with E-state index < -0.39 is 0 Å². The molecule has 0 spiro atoms. The van der Waals surface area contributed by atoms with Crippen molar-refractivity contribution in [1.29, 1.82) is 0 Å². The van der Waals surface area contributed by atoms with Crippen LogP contribution in [0.15, 0.2) is 0 Å². The Kier molecular flexibility index (Phi) is 21.2. The second-order valence-corrected chi connectivity index (χ2v) is 12.6. The summed E-state index contributed by atoms with van der Waals surface area (Å²) in [7, 11) is 0. The molecule has 0 unspecified atom stereocenters. The van der Waals surface area contributed by atoms with Crippen molar-refractivity contribution in [3.05, 3.63) is 0 Å². The monoisotopic (exact) mass is 607 g/mol. The molecule has 0 radical (unpaired) electrons. The number of carbonyl (C=O) groups is 5. The lowest BCUT2D eigenvalue weighted by atomic mass is 9.75. The normalized spacial score (nSPS) is 18.6. The highest BCUT2D eigenvalue weighted by Crippen LogP contribution is 2.39. The predicted octanol–water partition coefficient (Wildman–Crippen LogP) is 4.75. The lowest BCUT2D eigenvalue weighted by molar-refractivity contribution is -0.131. The Morgan fingerprint density at radius 1 is 0.628 bits per heavy atom. The minimum absolute atomic E-state index is 0.105. The van der Waals surface area contributed by atoms with Crippen LogP contribution in [0.4, 0.5) is 0 Å². The Hall–Kier alpha value is -2.65. The smallest absolute Gasteiger partial charge is 0.223 e. The SMILES string of the molecule is NC(=O)CCCCC(=O)N1CCCCCC1.NC(=O)CCCCCCC1(C(N)=O)CCCCCC1.O=C1CCCCCN1. The maximum absolute atomic E-state index is 11.8. The van der Waals surface area contributed by atoms with Gasteiger partial charge in [0, 0.05) is 50.7 Å². The predicted molar refractivity (Wildman–Crippen MR) is 170 cm³/mol. The Bertz CT molecular complexity index is 809. The minimum atomic E-state index is -0.276. The van der Waals surface area contributed by atoms with E-state index in [1.807, 2.05) is 4.90 Å². The third-order valence-corrected chi connectivity index (χ3v) is 8.84. The summed E-state index contributed by atoms with van der Waals surface area (Å²) in [5.74, 6) is -0.139. The summed E-state index contributed by atoms with van der Waals surface area (Å²) in [4.78, 5) is 57.3. The van der Waals surface area contributed by atoms with Crippen molar-refractivity contribution in [2.45, 2.75) is 154 Å². The quantitative estimate of drug-likeness (QED) is 0.174. The molecule has 7 N–H and O–H groups in total. The van der Waals surface area contributed by atoms with Crippen LogP contribution in [-0.2, 0) is 24.0 Å². The molecule has 2 heterocycles. The van der Waals surface area contributed by atoms with Crippen LogP contribution in [0, 0.1) is 5.41 Å². The molecule has 0 aromatic heterocycles. The summed E-state index contributed by atoms with van der Waals surface area (Å²) in [6, 6.07) is 0. The van der Waals surface area contributed by atoms with Crippen molar-refractivity contribution in [1.82, 2.24) is 10.2 Å². The van der Waals surface area contributed by atoms with E-state index in [1.165, 1.54) is 32.1 Å². The topological polar surface area (TPSA) is 179 Å². The molecular weight excluding hydrogens is 546 g/mol. The third kappa shape index (κ3) is 19.3. The Morgan fingerprint density at radius 3 is 1.72 bits per heavy atom. The second-order valence-electron chi connectivity index (χ2n) is 12.6. The van der Waals surface area contributed by atoms with Crippen LogP contribution in [0.5, 0.6) is 0 Å². The molecule has 1 aliphatic carbocycles. The highest BCUT2D eigenvalue weighted by atomic mass is 16.2. The fourth-order valence-corrected chi connectivity index (χ4v) is 6.10. The molecule has 5 amide bonds. The number of hydrogen-bond donors (Lipinski definition) is 4. The maximum atomic E-state index is 11.8. The maximum Gasteiger partial charge on any atom is 0.223 e. The number of nitrogens with zero attached hydrogens (tertiary/aromatic N) is 1. The van der Waals surface area contributed by atoms with Crippen LogP contribution in [0.1, 0.15) is 154 Å². The van der Waals surface area contributed by atoms with Gasteiger partial charge in [0.2, 0.25) is 29.5 Å². The molecular formula is C33H61N5O5. The fraction of sp³-hybridized carbons (Fsp3) is 0.848. The van der Waals surface area contributed by atoms with Gasteiger partial charge < -0.3 is 27.4 Å². The highest BCUT2D eigenvalue weighted by molar-refractivity contribution is 5.80. The molecule has 2 saturated heterocycles. The number of amides is 5. The summed E-state index contributed by atoms with van der Waals surface area (Å²) in [6.07, 6.45) is 23.4. The molecule has 10 nitrogen and oxygen atoms in total. The standard InChI is InChI=1S/C15H28N2O2.C12H22N2O2.C6H11NO/c16-13(18)9-5-1-2-6-10-15(14(17)19)11-7-3-4-8-12-15;13-11(15)7-3-4-8-12(16)14-9-5-1-2-6-10-14;8-6-4-2-1-3-5-7-6/h1-12H2,(H2,16,18)(H2,17,19);1-10H2,(H2,13,15);1-5H2,(H,7,8). The number of carbonyl (C=O) groups excluding carboxylic acids is 5. The first kappa shape index (κ1) is 38.4. The van der Waals surface area contributed by atoms with Crippen molar-refractivity contribution < 1.29 is 24.0 Å². The molecule has 0 bridgehead atoms. The van der Waals surface area contributed by atoms with Crippen LogP contribution < -0.4 is 22.5 Å². The first-order valence-corrected chi connectivity index (χ1v) is 17.1. The van der Waals surface area contributed by atoms with Crippen LogP contribution >= 0.6 is 0 Å². The summed E-state index contributed by atoms with van der Waals surface area (Å²) in [5, 5.41) is 2.81. The van der Waals surface area contributed by atoms with Crippen molar-refractivity contribution in [3.8, 4) is 0 Å². The zero-order valence-corrected chi connectivity index (χ0v) is 26.8. The molecule has 3 aliphatic rings. The minimum Gasteiger partial charge on any atom is -0.370 e. The fourth-order valence-electron chi connectivity index (χ4n) is 6.10. The molecule has 3 rings (SSSR count). The van der Waals surface area contributed by atoms with Gasteiger partial charge in [-0.1, -0.05) is 64.2 Å². The largest absolute Gasteiger partial charge is 0.370 e. The van der Waals surface area contributed by atoms with Gasteiger partial charge in [-0.25, -0.2) is 0 Å². The first-order chi connectivity index (χ1) is 20.7. The van der Waals surface area contributed by atoms with Crippen molar-refractivity contribution >= 4 is 29.5 Å². The average molecular weight is 608 g/mol. The lowest BCUT2D eigenvalue weighted by Gasteiger charge is -2.29. The molecule has 1 saturated carbocycles. The van der Waals surface area contributed by atoms with E-state index in [9.17, 15) is 24.0 Å². The molecule has 0 atom stereocenters. The zero-order valence-electron chi connectivity index (χ0n) is 26.8. The Labute approximate surface area is 260 Å². The van der Waals surface area contributed by atoms with Gasteiger partial charge in [0.05, 0.1) is 0 Å². The number of nitrogens with two attached hydrogens (primary N) is 3. The van der Waals surface area contributed by atoms with Gasteiger partial charge in [0.15, 0.2) is 0 Å². The zero-order chi connectivity index (χ0) is 31.8. The van der Waals surface area contributed by atoms with E-state index in [0.29, 0.717) is 19.3 Å². The first-order valence-electron chi connectivity index (χ1n) is 17.1. The number of likely N-dealkylation sites (tertiary alicyclic amines) is 1. The number of primary amides is 3. The molecule has 10 heteroatoms. The number of unbranched alkanes of at least 4 members (excludes halogenated alkanes) is 4. The van der Waals surface area contributed by atoms with E-state index >= 15 is 0 Å². The Balaban J connectivity index is 0.000000347. The summed E-state index contributed by atoms with van der Waals surface area (Å²) >= 11 is 0. The summed E-state index contributed by atoms with van der Waals surface area (Å²) in [6.45, 7) is 2.71. The highest BCUT2D eigenvalue weighted by Gasteiger charge is 2.35. The van der Waals surface area contributed by atoms with E-state index in [1.54, 1.807) is 0 Å². The van der Waals surface area contributed by atoms with Gasteiger partial charge in [-0.15, -0.1) is 0 Å². The van der Waals surface area contributed by atoms with Crippen LogP contribution in [0.25, 0.3) is 0 Å². The van der Waals surface area contributed by atoms with Crippen LogP contribution in [0.3, 0.4) is 0 Å². The Morgan fingerprint density at radius 2 is 1.14 bits per heavy atom. The molecule has 43 heavy (non-hydrogen) atoms. The summed E-state index contributed by atoms with van der Waals surface area (Å²) in [5.41, 5.74) is 15.5. The second kappa shape index (κ2) is 23.8. The van der Waals surface area contributed by atoms with Crippen molar-refractivity contribution in [3.63, 3.8) is 0 Å². The average Bonchev–Trinajstić information content (AvgIpc) is 3.49. The molecule has 2 aliphatic heterocycles. The third-order valence-electron chi connectivity index (χ3n) is 8.84. The van der Waals surface area contributed by atoms with E-state index in [-0.39, 0.29) is 35.0 Å². The van der Waals surface area contributed by atoms with Gasteiger partial charge in [0.25, 0.3) is 0 Å². The number of hydrogen-bond acceptors (Lipinski definition) is 5.